The zero-order valence-electron chi connectivity index (χ0n) is 15.8. The van der Waals surface area contributed by atoms with Gasteiger partial charge in [0.05, 0.1) is 0 Å². The Labute approximate surface area is 131 Å². The summed E-state index contributed by atoms with van der Waals surface area (Å²) in [7, 11) is -5.87. The molecule has 20 heavy (non-hydrogen) atoms. The van der Waals surface area contributed by atoms with Gasteiger partial charge in [-0.1, -0.05) is 89.0 Å². The monoisotopic (exact) mass is 348 g/mol. The first-order chi connectivity index (χ1) is 8.47. The standard InChI is InChI=1S/C12H36N4Si4/c1-17(2,3)15(18(4,5)6)13-14-16(19(7,8)9)20(10,11)12/h1-12H3. The van der Waals surface area contributed by atoms with Crippen molar-refractivity contribution in [3.05, 3.63) is 0 Å². The zero-order chi connectivity index (χ0) is 16.6. The topological polar surface area (TPSA) is 31.2 Å². The molecular weight excluding hydrogens is 313 g/mol. The molecule has 0 rings (SSSR count). The normalized spacial score (nSPS) is 14.8. The summed E-state index contributed by atoms with van der Waals surface area (Å²) in [6.07, 6.45) is 0. The molecule has 0 aliphatic rings. The molecule has 0 N–H and O–H groups in total. The third-order valence-corrected chi connectivity index (χ3v) is 16.3. The van der Waals surface area contributed by atoms with Gasteiger partial charge in [-0.3, -0.25) is 0 Å². The Morgan fingerprint density at radius 1 is 0.400 bits per heavy atom. The van der Waals surface area contributed by atoms with Crippen LogP contribution in [0.3, 0.4) is 0 Å². The van der Waals surface area contributed by atoms with Crippen LogP contribution in [0.1, 0.15) is 0 Å². The van der Waals surface area contributed by atoms with E-state index in [0.717, 1.165) is 0 Å². The van der Waals surface area contributed by atoms with Crippen LogP contribution in [-0.2, 0) is 0 Å². The second-order valence-electron chi connectivity index (χ2n) is 9.49. The SMILES string of the molecule is C[Si](C)(C)N(N=NN([Si](C)(C)C)[Si](C)(C)C)[Si](C)(C)C. The second kappa shape index (κ2) is 6.05. The summed E-state index contributed by atoms with van der Waals surface area (Å²) >= 11 is 0. The smallest absolute Gasteiger partial charge is 0.160 e. The molecule has 120 valence electrons. The van der Waals surface area contributed by atoms with Crippen molar-refractivity contribution in [2.24, 2.45) is 10.4 Å². The Hall–Kier alpha value is 0.0675. The van der Waals surface area contributed by atoms with Gasteiger partial charge in [-0.05, 0) is 0 Å². The predicted octanol–water partition coefficient (Wildman–Crippen LogP) is 5.21. The Morgan fingerprint density at radius 3 is 0.650 bits per heavy atom. The third-order valence-electron chi connectivity index (χ3n) is 2.76. The van der Waals surface area contributed by atoms with E-state index in [9.17, 15) is 0 Å². The van der Waals surface area contributed by atoms with E-state index in [1.807, 2.05) is 0 Å². The van der Waals surface area contributed by atoms with Crippen LogP contribution in [0.25, 0.3) is 0 Å². The molecule has 0 heterocycles. The molecule has 0 aromatic heterocycles. The minimum Gasteiger partial charge on any atom is -0.331 e. The summed E-state index contributed by atoms with van der Waals surface area (Å²) in [5.74, 6) is 0. The summed E-state index contributed by atoms with van der Waals surface area (Å²) in [5.41, 5.74) is 0. The molecule has 0 aliphatic heterocycles. The van der Waals surface area contributed by atoms with Gasteiger partial charge in [0.2, 0.25) is 0 Å². The van der Waals surface area contributed by atoms with Crippen molar-refractivity contribution in [2.45, 2.75) is 78.6 Å². The number of rotatable bonds is 6. The molecule has 0 aromatic carbocycles. The second-order valence-corrected chi connectivity index (χ2v) is 29.4. The van der Waals surface area contributed by atoms with Crippen LogP contribution < -0.4 is 0 Å². The van der Waals surface area contributed by atoms with E-state index >= 15 is 0 Å². The largest absolute Gasteiger partial charge is 0.331 e. The molecule has 0 aromatic rings. The lowest BCUT2D eigenvalue weighted by Crippen LogP contribution is -2.58. The number of hydrogen-bond acceptors (Lipinski definition) is 2. The fourth-order valence-corrected chi connectivity index (χ4v) is 20.0. The van der Waals surface area contributed by atoms with Crippen molar-refractivity contribution >= 4 is 32.9 Å². The Morgan fingerprint density at radius 2 is 0.550 bits per heavy atom. The third kappa shape index (κ3) is 6.23. The summed E-state index contributed by atoms with van der Waals surface area (Å²) in [6, 6.07) is 0. The first-order valence-electron chi connectivity index (χ1n) is 7.49. The molecule has 0 aliphatic carbocycles. The Balaban J connectivity index is 5.50. The highest BCUT2D eigenvalue weighted by atomic mass is 28.4. The minimum atomic E-state index is -1.47. The summed E-state index contributed by atoms with van der Waals surface area (Å²) in [4.78, 5) is 0. The van der Waals surface area contributed by atoms with Gasteiger partial charge in [0.25, 0.3) is 0 Å². The molecule has 4 nitrogen and oxygen atoms in total. The van der Waals surface area contributed by atoms with E-state index in [0.29, 0.717) is 0 Å². The quantitative estimate of drug-likeness (QED) is 0.375. The van der Waals surface area contributed by atoms with Crippen LogP contribution in [0, 0.1) is 0 Å². The highest BCUT2D eigenvalue weighted by molar-refractivity contribution is 6.90. The molecule has 0 bridgehead atoms. The maximum atomic E-state index is 4.78. The van der Waals surface area contributed by atoms with Crippen molar-refractivity contribution in [1.82, 2.24) is 8.68 Å². The number of hydrogen-bond donors (Lipinski definition) is 0. The lowest BCUT2D eigenvalue weighted by Gasteiger charge is -2.43. The lowest BCUT2D eigenvalue weighted by molar-refractivity contribution is 0.504. The Kier molecular flexibility index (Phi) is 6.07. The molecule has 0 spiro atoms. The fourth-order valence-electron chi connectivity index (χ4n) is 2.63. The van der Waals surface area contributed by atoms with Crippen LogP contribution in [0.5, 0.6) is 0 Å². The average molecular weight is 349 g/mol. The van der Waals surface area contributed by atoms with Gasteiger partial charge >= 0.3 is 0 Å². The van der Waals surface area contributed by atoms with E-state index < -0.39 is 32.9 Å². The molecule has 8 heteroatoms. The van der Waals surface area contributed by atoms with Crippen molar-refractivity contribution in [1.29, 1.82) is 0 Å². The highest BCUT2D eigenvalue weighted by Gasteiger charge is 2.37. The zero-order valence-corrected chi connectivity index (χ0v) is 19.8. The van der Waals surface area contributed by atoms with Crippen LogP contribution in [-0.4, -0.2) is 41.6 Å². The molecule has 0 unspecified atom stereocenters. The van der Waals surface area contributed by atoms with Crippen LogP contribution in [0.15, 0.2) is 10.4 Å². The first-order valence-corrected chi connectivity index (χ1v) is 21.3. The Bertz CT molecular complexity index is 282. The van der Waals surface area contributed by atoms with Gasteiger partial charge in [0.15, 0.2) is 32.9 Å². The maximum absolute atomic E-state index is 4.78. The van der Waals surface area contributed by atoms with Gasteiger partial charge in [-0.25, -0.2) is 0 Å². The minimum absolute atomic E-state index is 1.47. The molecule has 0 fully saturated rings. The van der Waals surface area contributed by atoms with E-state index in [-0.39, 0.29) is 0 Å². The molecule has 0 atom stereocenters. The van der Waals surface area contributed by atoms with E-state index in [1.54, 1.807) is 0 Å². The van der Waals surface area contributed by atoms with Crippen molar-refractivity contribution in [3.63, 3.8) is 0 Å². The van der Waals surface area contributed by atoms with Gasteiger partial charge in [-0.2, -0.15) is 0 Å². The van der Waals surface area contributed by atoms with E-state index in [2.05, 4.69) is 87.2 Å². The first kappa shape index (κ1) is 20.1. The van der Waals surface area contributed by atoms with Crippen LogP contribution in [0.4, 0.5) is 0 Å². The van der Waals surface area contributed by atoms with Gasteiger partial charge in [0.1, 0.15) is 0 Å². The van der Waals surface area contributed by atoms with Gasteiger partial charge in [0, 0.05) is 0 Å². The van der Waals surface area contributed by atoms with Crippen LogP contribution in [0.2, 0.25) is 78.6 Å². The highest BCUT2D eigenvalue weighted by Crippen LogP contribution is 2.24. The maximum Gasteiger partial charge on any atom is 0.160 e. The molecule has 0 saturated heterocycles. The predicted molar refractivity (Wildman–Crippen MR) is 102 cm³/mol. The lowest BCUT2D eigenvalue weighted by atomic mass is 11.8. The van der Waals surface area contributed by atoms with Crippen LogP contribution >= 0.6 is 0 Å². The molecule has 0 amide bonds. The summed E-state index contributed by atoms with van der Waals surface area (Å²) < 4.78 is 4.79. The molecule has 0 radical (unpaired) electrons. The van der Waals surface area contributed by atoms with Crippen molar-refractivity contribution < 1.29 is 0 Å². The van der Waals surface area contributed by atoms with Crippen molar-refractivity contribution in [3.8, 4) is 0 Å². The van der Waals surface area contributed by atoms with Gasteiger partial charge in [-0.15, -0.1) is 0 Å². The molecule has 0 saturated carbocycles. The molecular formula is C12H36N4Si4. The fraction of sp³-hybridized carbons (Fsp3) is 1.00. The van der Waals surface area contributed by atoms with Gasteiger partial charge < -0.3 is 8.68 Å². The average Bonchev–Trinajstić information content (AvgIpc) is 2.02. The number of nitrogens with zero attached hydrogens (tertiary/aromatic N) is 4. The van der Waals surface area contributed by atoms with E-state index in [1.165, 1.54) is 0 Å². The van der Waals surface area contributed by atoms with E-state index in [4.69, 9.17) is 10.4 Å². The summed E-state index contributed by atoms with van der Waals surface area (Å²) in [5, 5.41) is 9.55. The van der Waals surface area contributed by atoms with Crippen molar-refractivity contribution in [2.75, 3.05) is 0 Å². The summed E-state index contributed by atoms with van der Waals surface area (Å²) in [6.45, 7) is 28.3.